The van der Waals surface area contributed by atoms with Gasteiger partial charge in [-0.1, -0.05) is 29.4 Å². The van der Waals surface area contributed by atoms with Crippen molar-refractivity contribution < 1.29 is 9.63 Å². The molecule has 150 valence electrons. The highest BCUT2D eigenvalue weighted by Crippen LogP contribution is 2.46. The lowest BCUT2D eigenvalue weighted by Gasteiger charge is -2.27. The first-order chi connectivity index (χ1) is 14.2. The first-order valence-electron chi connectivity index (χ1n) is 10.1. The van der Waals surface area contributed by atoms with Crippen LogP contribution in [0.3, 0.4) is 0 Å². The third-order valence-corrected chi connectivity index (χ3v) is 5.81. The molecule has 3 N–H and O–H groups in total. The van der Waals surface area contributed by atoms with Crippen LogP contribution in [0.2, 0.25) is 0 Å². The highest BCUT2D eigenvalue weighted by molar-refractivity contribution is 5.62. The van der Waals surface area contributed by atoms with Gasteiger partial charge in [-0.25, -0.2) is 9.97 Å². The standard InChI is InChI=1S/C21H24N6O2/c22-20-23-11-16(12-24-20)13-1-3-14(4-2-13)18(15-5-6-15)19-25-21(29-26-19)27-9-7-17(28)8-10-27/h1-4,11-12,15,17-18,28H,5-10H2,(H2,22,23,24)/t18-/m0/s1. The second kappa shape index (κ2) is 7.44. The summed E-state index contributed by atoms with van der Waals surface area (Å²) in [5.41, 5.74) is 8.74. The van der Waals surface area contributed by atoms with Crippen LogP contribution in [0.4, 0.5) is 12.0 Å². The minimum Gasteiger partial charge on any atom is -0.393 e. The lowest BCUT2D eigenvalue weighted by molar-refractivity contribution is 0.143. The molecule has 0 unspecified atom stereocenters. The van der Waals surface area contributed by atoms with Crippen LogP contribution in [0.25, 0.3) is 11.1 Å². The fraction of sp³-hybridized carbons (Fsp3) is 0.429. The number of hydrogen-bond donors (Lipinski definition) is 2. The average Bonchev–Trinajstić information content (AvgIpc) is 3.46. The van der Waals surface area contributed by atoms with Crippen molar-refractivity contribution >= 4 is 12.0 Å². The Bertz CT molecular complexity index is 960. The number of hydrogen-bond acceptors (Lipinski definition) is 8. The average molecular weight is 392 g/mol. The van der Waals surface area contributed by atoms with Crippen LogP contribution in [0.1, 0.15) is 43.0 Å². The predicted molar refractivity (Wildman–Crippen MR) is 108 cm³/mol. The number of rotatable bonds is 5. The van der Waals surface area contributed by atoms with Crippen LogP contribution in [0, 0.1) is 5.92 Å². The van der Waals surface area contributed by atoms with Crippen LogP contribution in [0.15, 0.2) is 41.2 Å². The summed E-state index contributed by atoms with van der Waals surface area (Å²) in [7, 11) is 0. The molecule has 5 rings (SSSR count). The SMILES string of the molecule is Nc1ncc(-c2ccc([C@H](c3noc(N4CCC(O)CC4)n3)C3CC3)cc2)cn1. The Kier molecular flexibility index (Phi) is 4.63. The second-order valence-electron chi connectivity index (χ2n) is 7.92. The van der Waals surface area contributed by atoms with Gasteiger partial charge in [0.15, 0.2) is 5.82 Å². The normalized spacial score (nSPS) is 18.7. The fourth-order valence-corrected chi connectivity index (χ4v) is 3.97. The summed E-state index contributed by atoms with van der Waals surface area (Å²) in [6.07, 6.45) is 7.07. The Labute approximate surface area is 168 Å². The molecule has 8 heteroatoms. The van der Waals surface area contributed by atoms with Crippen LogP contribution < -0.4 is 10.6 Å². The highest BCUT2D eigenvalue weighted by atomic mass is 16.5. The third-order valence-electron chi connectivity index (χ3n) is 5.81. The number of anilines is 2. The van der Waals surface area contributed by atoms with E-state index < -0.39 is 0 Å². The van der Waals surface area contributed by atoms with Gasteiger partial charge in [0.05, 0.1) is 12.0 Å². The van der Waals surface area contributed by atoms with Crippen molar-refractivity contribution in [2.24, 2.45) is 5.92 Å². The van der Waals surface area contributed by atoms with E-state index in [1.807, 2.05) is 0 Å². The largest absolute Gasteiger partial charge is 0.393 e. The zero-order valence-corrected chi connectivity index (χ0v) is 16.1. The number of nitrogens with two attached hydrogens (primary N) is 1. The topological polar surface area (TPSA) is 114 Å². The molecule has 0 radical (unpaired) electrons. The number of aliphatic hydroxyl groups excluding tert-OH is 1. The summed E-state index contributed by atoms with van der Waals surface area (Å²) < 4.78 is 5.58. The van der Waals surface area contributed by atoms with Crippen molar-refractivity contribution in [2.45, 2.75) is 37.7 Å². The van der Waals surface area contributed by atoms with Crippen molar-refractivity contribution in [3.8, 4) is 11.1 Å². The molecule has 1 aliphatic carbocycles. The van der Waals surface area contributed by atoms with Crippen molar-refractivity contribution in [1.29, 1.82) is 0 Å². The zero-order valence-electron chi connectivity index (χ0n) is 16.1. The van der Waals surface area contributed by atoms with Gasteiger partial charge in [0, 0.05) is 31.0 Å². The van der Waals surface area contributed by atoms with Crippen LogP contribution in [-0.2, 0) is 0 Å². The quantitative estimate of drug-likeness (QED) is 0.681. The number of nitrogens with zero attached hydrogens (tertiary/aromatic N) is 5. The smallest absolute Gasteiger partial charge is 0.324 e. The van der Waals surface area contributed by atoms with Gasteiger partial charge in [-0.3, -0.25) is 0 Å². The number of aromatic nitrogens is 4. The maximum atomic E-state index is 9.71. The maximum absolute atomic E-state index is 9.71. The van der Waals surface area contributed by atoms with Crippen molar-refractivity contribution in [1.82, 2.24) is 20.1 Å². The van der Waals surface area contributed by atoms with Gasteiger partial charge in [-0.05, 0) is 42.7 Å². The van der Waals surface area contributed by atoms with E-state index in [0.29, 0.717) is 11.9 Å². The summed E-state index contributed by atoms with van der Waals surface area (Å²) in [6.45, 7) is 1.49. The molecule has 2 aromatic heterocycles. The van der Waals surface area contributed by atoms with E-state index in [4.69, 9.17) is 15.2 Å². The molecular weight excluding hydrogens is 368 g/mol. The number of nitrogen functional groups attached to an aromatic ring is 1. The molecule has 1 aromatic carbocycles. The molecule has 2 aliphatic rings. The molecular formula is C21H24N6O2. The van der Waals surface area contributed by atoms with Crippen molar-refractivity contribution in [3.63, 3.8) is 0 Å². The summed E-state index contributed by atoms with van der Waals surface area (Å²) in [6, 6.07) is 8.97. The van der Waals surface area contributed by atoms with Gasteiger partial charge >= 0.3 is 6.01 Å². The van der Waals surface area contributed by atoms with E-state index in [1.165, 1.54) is 18.4 Å². The molecule has 2 fully saturated rings. The minimum atomic E-state index is -0.224. The Morgan fingerprint density at radius 2 is 1.69 bits per heavy atom. The monoisotopic (exact) mass is 392 g/mol. The van der Waals surface area contributed by atoms with E-state index in [9.17, 15) is 5.11 Å². The highest BCUT2D eigenvalue weighted by Gasteiger charge is 2.37. The molecule has 1 saturated carbocycles. The van der Waals surface area contributed by atoms with Crippen molar-refractivity contribution in [2.75, 3.05) is 23.7 Å². The predicted octanol–water partition coefficient (Wildman–Crippen LogP) is 2.61. The van der Waals surface area contributed by atoms with Crippen LogP contribution >= 0.6 is 0 Å². The minimum absolute atomic E-state index is 0.139. The molecule has 1 atom stereocenters. The maximum Gasteiger partial charge on any atom is 0.324 e. The third kappa shape index (κ3) is 3.80. The number of piperidine rings is 1. The van der Waals surface area contributed by atoms with Gasteiger partial charge in [-0.15, -0.1) is 0 Å². The summed E-state index contributed by atoms with van der Waals surface area (Å²) in [5, 5.41) is 14.0. The number of aliphatic hydroxyl groups is 1. The van der Waals surface area contributed by atoms with E-state index in [-0.39, 0.29) is 18.0 Å². The van der Waals surface area contributed by atoms with E-state index in [2.05, 4.69) is 44.3 Å². The van der Waals surface area contributed by atoms with Crippen LogP contribution in [0.5, 0.6) is 0 Å². The first kappa shape index (κ1) is 18.1. The summed E-state index contributed by atoms with van der Waals surface area (Å²) in [5.74, 6) is 1.71. The van der Waals surface area contributed by atoms with Gasteiger partial charge in [-0.2, -0.15) is 4.98 Å². The molecule has 1 saturated heterocycles. The molecule has 1 aliphatic heterocycles. The Hall–Kier alpha value is -3.00. The van der Waals surface area contributed by atoms with Gasteiger partial charge in [0.25, 0.3) is 0 Å². The Morgan fingerprint density at radius 3 is 2.34 bits per heavy atom. The summed E-state index contributed by atoms with van der Waals surface area (Å²) >= 11 is 0. The fourth-order valence-electron chi connectivity index (χ4n) is 3.97. The van der Waals surface area contributed by atoms with E-state index in [0.717, 1.165) is 42.9 Å². The van der Waals surface area contributed by atoms with E-state index >= 15 is 0 Å². The molecule has 0 spiro atoms. The molecule has 3 aromatic rings. The second-order valence-corrected chi connectivity index (χ2v) is 7.92. The van der Waals surface area contributed by atoms with Gasteiger partial charge < -0.3 is 20.3 Å². The molecule has 0 bridgehead atoms. The van der Waals surface area contributed by atoms with Gasteiger partial charge in [0.1, 0.15) is 0 Å². The lowest BCUT2D eigenvalue weighted by Crippen LogP contribution is -2.36. The molecule has 8 nitrogen and oxygen atoms in total. The van der Waals surface area contributed by atoms with Crippen LogP contribution in [-0.4, -0.2) is 44.4 Å². The Balaban J connectivity index is 1.37. The van der Waals surface area contributed by atoms with Gasteiger partial charge in [0.2, 0.25) is 5.95 Å². The Morgan fingerprint density at radius 1 is 1.00 bits per heavy atom. The number of benzene rings is 1. The lowest BCUT2D eigenvalue weighted by atomic mass is 9.92. The van der Waals surface area contributed by atoms with E-state index in [1.54, 1.807) is 12.4 Å². The zero-order chi connectivity index (χ0) is 19.8. The molecule has 29 heavy (non-hydrogen) atoms. The first-order valence-corrected chi connectivity index (χ1v) is 10.1. The summed E-state index contributed by atoms with van der Waals surface area (Å²) in [4.78, 5) is 14.9. The molecule has 3 heterocycles. The molecule has 0 amide bonds. The van der Waals surface area contributed by atoms with Crippen molar-refractivity contribution in [3.05, 3.63) is 48.0 Å².